The van der Waals surface area contributed by atoms with Gasteiger partial charge in [0.05, 0.1) is 17.4 Å². The number of halogens is 2. The molecule has 0 radical (unpaired) electrons. The lowest BCUT2D eigenvalue weighted by Gasteiger charge is -2.34. The van der Waals surface area contributed by atoms with Gasteiger partial charge >= 0.3 is 0 Å². The molecule has 1 amide bonds. The molecule has 0 bridgehead atoms. The van der Waals surface area contributed by atoms with Gasteiger partial charge in [-0.1, -0.05) is 84.7 Å². The standard InChI is InChI=1S/C27H24Cl2N4O/c1-3-24-30-26-25(27(34)31(2)17-33(26)23-14-13-21(28)15-22(23)29)32(24)16-18-9-11-20(12-10-18)19-7-5-4-6-8-19/h4-15H,3,16-17H2,1-2H3. The second-order valence-corrected chi connectivity index (χ2v) is 9.21. The Labute approximate surface area is 209 Å². The Hall–Kier alpha value is -3.28. The molecule has 1 aliphatic rings. The first-order valence-corrected chi connectivity index (χ1v) is 11.9. The van der Waals surface area contributed by atoms with Gasteiger partial charge in [0, 0.05) is 25.0 Å². The molecule has 0 spiro atoms. The summed E-state index contributed by atoms with van der Waals surface area (Å²) in [6.07, 6.45) is 0.703. The zero-order chi connectivity index (χ0) is 23.8. The van der Waals surface area contributed by atoms with Gasteiger partial charge in [0.1, 0.15) is 5.82 Å². The number of hydrogen-bond donors (Lipinski definition) is 0. The number of aromatic nitrogens is 2. The summed E-state index contributed by atoms with van der Waals surface area (Å²) in [5.74, 6) is 1.44. The van der Waals surface area contributed by atoms with Crippen LogP contribution in [0, 0.1) is 0 Å². The monoisotopic (exact) mass is 490 g/mol. The Kier molecular flexibility index (Phi) is 6.07. The van der Waals surface area contributed by atoms with Gasteiger partial charge in [-0.05, 0) is 34.9 Å². The van der Waals surface area contributed by atoms with E-state index in [2.05, 4.69) is 43.3 Å². The van der Waals surface area contributed by atoms with Gasteiger partial charge in [-0.15, -0.1) is 0 Å². The summed E-state index contributed by atoms with van der Waals surface area (Å²) in [7, 11) is 1.79. The van der Waals surface area contributed by atoms with Crippen LogP contribution in [0.4, 0.5) is 11.5 Å². The minimum atomic E-state index is -0.0514. The number of fused-ring (bicyclic) bond motifs is 1. The summed E-state index contributed by atoms with van der Waals surface area (Å²) < 4.78 is 2.03. The molecule has 3 aromatic carbocycles. The zero-order valence-corrected chi connectivity index (χ0v) is 20.5. The number of imidazole rings is 1. The first kappa shape index (κ1) is 22.5. The Morgan fingerprint density at radius 2 is 1.65 bits per heavy atom. The minimum absolute atomic E-state index is 0.0514. The number of hydrogen-bond acceptors (Lipinski definition) is 3. The van der Waals surface area contributed by atoms with Crippen LogP contribution in [-0.2, 0) is 13.0 Å². The lowest BCUT2D eigenvalue weighted by atomic mass is 10.0. The van der Waals surface area contributed by atoms with Gasteiger partial charge in [0.25, 0.3) is 5.91 Å². The molecule has 1 aromatic heterocycles. The van der Waals surface area contributed by atoms with Crippen LogP contribution in [0.25, 0.3) is 11.1 Å². The Morgan fingerprint density at radius 1 is 0.941 bits per heavy atom. The number of carbonyl (C=O) groups excluding carboxylic acids is 1. The third-order valence-corrected chi connectivity index (χ3v) is 6.64. The maximum atomic E-state index is 13.3. The molecule has 34 heavy (non-hydrogen) atoms. The molecule has 0 saturated carbocycles. The predicted molar refractivity (Wildman–Crippen MR) is 138 cm³/mol. The van der Waals surface area contributed by atoms with E-state index < -0.39 is 0 Å². The Balaban J connectivity index is 1.54. The van der Waals surface area contributed by atoms with E-state index in [1.807, 2.05) is 33.7 Å². The summed E-state index contributed by atoms with van der Waals surface area (Å²) in [6, 6.07) is 24.1. The number of anilines is 2. The molecule has 0 saturated heterocycles. The van der Waals surface area contributed by atoms with E-state index in [0.717, 1.165) is 22.6 Å². The summed E-state index contributed by atoms with van der Waals surface area (Å²) in [4.78, 5) is 21.8. The fraction of sp³-hybridized carbons (Fsp3) is 0.185. The fourth-order valence-electron chi connectivity index (χ4n) is 4.36. The topological polar surface area (TPSA) is 41.4 Å². The summed E-state index contributed by atoms with van der Waals surface area (Å²) in [6.45, 7) is 2.97. The summed E-state index contributed by atoms with van der Waals surface area (Å²) >= 11 is 12.6. The number of benzene rings is 3. The van der Waals surface area contributed by atoms with E-state index in [1.54, 1.807) is 24.1 Å². The maximum absolute atomic E-state index is 13.3. The molecule has 0 N–H and O–H groups in total. The van der Waals surface area contributed by atoms with Gasteiger partial charge in [-0.2, -0.15) is 0 Å². The molecule has 0 aliphatic carbocycles. The van der Waals surface area contributed by atoms with Crippen molar-refractivity contribution < 1.29 is 4.79 Å². The molecule has 5 rings (SSSR count). The lowest BCUT2D eigenvalue weighted by Crippen LogP contribution is -2.43. The van der Waals surface area contributed by atoms with Crippen molar-refractivity contribution in [3.05, 3.63) is 99.9 Å². The van der Waals surface area contributed by atoms with Crippen LogP contribution in [0.3, 0.4) is 0 Å². The SMILES string of the molecule is CCc1nc2c(n1Cc1ccc(-c3ccccc3)cc1)C(=O)N(C)CN2c1ccc(Cl)cc1Cl. The lowest BCUT2D eigenvalue weighted by molar-refractivity contribution is 0.0776. The second-order valence-electron chi connectivity index (χ2n) is 8.37. The van der Waals surface area contributed by atoms with Gasteiger partial charge in [-0.25, -0.2) is 4.98 Å². The van der Waals surface area contributed by atoms with E-state index in [1.165, 1.54) is 5.56 Å². The van der Waals surface area contributed by atoms with Crippen molar-refractivity contribution in [2.45, 2.75) is 19.9 Å². The van der Waals surface area contributed by atoms with E-state index in [9.17, 15) is 4.79 Å². The second kappa shape index (κ2) is 9.16. The highest BCUT2D eigenvalue weighted by Crippen LogP contribution is 2.38. The average molecular weight is 491 g/mol. The molecule has 5 nitrogen and oxygen atoms in total. The zero-order valence-electron chi connectivity index (χ0n) is 19.0. The van der Waals surface area contributed by atoms with Crippen molar-refractivity contribution >= 4 is 40.6 Å². The van der Waals surface area contributed by atoms with Gasteiger partial charge in [0.15, 0.2) is 11.5 Å². The highest BCUT2D eigenvalue weighted by atomic mass is 35.5. The Bertz CT molecular complexity index is 1350. The predicted octanol–water partition coefficient (Wildman–Crippen LogP) is 6.65. The van der Waals surface area contributed by atoms with Crippen LogP contribution in [0.1, 0.15) is 28.8 Å². The van der Waals surface area contributed by atoms with Crippen LogP contribution >= 0.6 is 23.2 Å². The number of amides is 1. The molecular weight excluding hydrogens is 467 g/mol. The van der Waals surface area contributed by atoms with Crippen LogP contribution in [0.2, 0.25) is 10.0 Å². The van der Waals surface area contributed by atoms with E-state index in [-0.39, 0.29) is 5.91 Å². The first-order chi connectivity index (χ1) is 16.5. The number of aryl methyl sites for hydroxylation is 1. The van der Waals surface area contributed by atoms with Crippen molar-refractivity contribution in [1.29, 1.82) is 0 Å². The summed E-state index contributed by atoms with van der Waals surface area (Å²) in [5.41, 5.74) is 4.78. The maximum Gasteiger partial charge on any atom is 0.275 e. The quantitative estimate of drug-likeness (QED) is 0.314. The number of carbonyl (C=O) groups is 1. The van der Waals surface area contributed by atoms with Crippen molar-refractivity contribution in [3.63, 3.8) is 0 Å². The van der Waals surface area contributed by atoms with E-state index >= 15 is 0 Å². The first-order valence-electron chi connectivity index (χ1n) is 11.2. The average Bonchev–Trinajstić information content (AvgIpc) is 3.21. The normalized spacial score (nSPS) is 13.4. The molecule has 0 unspecified atom stereocenters. The highest BCUT2D eigenvalue weighted by molar-refractivity contribution is 6.36. The van der Waals surface area contributed by atoms with E-state index in [4.69, 9.17) is 28.2 Å². The van der Waals surface area contributed by atoms with Gasteiger partial charge in [-0.3, -0.25) is 4.79 Å². The minimum Gasteiger partial charge on any atom is -0.322 e. The fourth-order valence-corrected chi connectivity index (χ4v) is 4.87. The smallest absolute Gasteiger partial charge is 0.275 e. The molecular formula is C27H24Cl2N4O. The van der Waals surface area contributed by atoms with Gasteiger partial charge in [0.2, 0.25) is 0 Å². The van der Waals surface area contributed by atoms with Crippen LogP contribution in [0.15, 0.2) is 72.8 Å². The van der Waals surface area contributed by atoms with Gasteiger partial charge < -0.3 is 14.4 Å². The molecule has 1 aliphatic heterocycles. The van der Waals surface area contributed by atoms with E-state index in [0.29, 0.717) is 41.2 Å². The van der Waals surface area contributed by atoms with Crippen LogP contribution in [0.5, 0.6) is 0 Å². The molecule has 2 heterocycles. The molecule has 0 fully saturated rings. The van der Waals surface area contributed by atoms with Crippen LogP contribution in [-0.4, -0.2) is 34.1 Å². The third kappa shape index (κ3) is 4.06. The Morgan fingerprint density at radius 3 is 2.32 bits per heavy atom. The molecule has 0 atom stereocenters. The molecule has 4 aromatic rings. The highest BCUT2D eigenvalue weighted by Gasteiger charge is 2.35. The third-order valence-electron chi connectivity index (χ3n) is 6.11. The number of nitrogens with zero attached hydrogens (tertiary/aromatic N) is 4. The summed E-state index contributed by atoms with van der Waals surface area (Å²) in [5, 5.41) is 1.08. The van der Waals surface area contributed by atoms with Crippen molar-refractivity contribution in [2.24, 2.45) is 0 Å². The molecule has 7 heteroatoms. The number of rotatable bonds is 5. The van der Waals surface area contributed by atoms with Crippen LogP contribution < -0.4 is 4.90 Å². The van der Waals surface area contributed by atoms with Crippen molar-refractivity contribution in [1.82, 2.24) is 14.5 Å². The van der Waals surface area contributed by atoms with Crippen molar-refractivity contribution in [3.8, 4) is 11.1 Å². The molecule has 172 valence electrons. The largest absolute Gasteiger partial charge is 0.322 e. The van der Waals surface area contributed by atoms with Crippen molar-refractivity contribution in [2.75, 3.05) is 18.6 Å².